The SMILES string of the molecule is COc1ccc(-c2nc(C(F)(F)F)oc2-c2ccc(OCCNC(N)=O)cc2)cn1. The molecule has 0 aliphatic rings. The van der Waals surface area contributed by atoms with Gasteiger partial charge in [0.05, 0.1) is 13.7 Å². The average Bonchev–Trinajstić information content (AvgIpc) is 3.17. The number of rotatable bonds is 7. The van der Waals surface area contributed by atoms with Crippen LogP contribution < -0.4 is 20.5 Å². The van der Waals surface area contributed by atoms with Gasteiger partial charge in [0.1, 0.15) is 18.1 Å². The molecule has 0 radical (unpaired) electrons. The van der Waals surface area contributed by atoms with E-state index >= 15 is 0 Å². The monoisotopic (exact) mass is 422 g/mol. The van der Waals surface area contributed by atoms with Crippen molar-refractivity contribution in [1.29, 1.82) is 0 Å². The van der Waals surface area contributed by atoms with Gasteiger partial charge in [-0.2, -0.15) is 13.2 Å². The van der Waals surface area contributed by atoms with Gasteiger partial charge in [-0.15, -0.1) is 0 Å². The van der Waals surface area contributed by atoms with Crippen molar-refractivity contribution < 1.29 is 31.9 Å². The standard InChI is InChI=1S/C19H17F3N4O4/c1-28-14-7-4-12(10-25-14)15-16(30-17(26-15)19(20,21)22)11-2-5-13(6-3-11)29-9-8-24-18(23)27/h2-7,10H,8-9H2,1H3,(H3,23,24,27). The normalized spacial score (nSPS) is 11.2. The molecule has 0 unspecified atom stereocenters. The smallest absolute Gasteiger partial charge is 0.468 e. The first kappa shape index (κ1) is 21.0. The minimum absolute atomic E-state index is 0.00296. The highest BCUT2D eigenvalue weighted by atomic mass is 19.4. The van der Waals surface area contributed by atoms with E-state index in [0.717, 1.165) is 0 Å². The fraction of sp³-hybridized carbons (Fsp3) is 0.211. The molecule has 30 heavy (non-hydrogen) atoms. The van der Waals surface area contributed by atoms with Crippen LogP contribution in [0.5, 0.6) is 11.6 Å². The Labute approximate surface area is 168 Å². The molecule has 0 atom stereocenters. The maximum absolute atomic E-state index is 13.2. The zero-order valence-electron chi connectivity index (χ0n) is 15.7. The fourth-order valence-corrected chi connectivity index (χ4v) is 2.52. The molecule has 158 valence electrons. The van der Waals surface area contributed by atoms with Crippen LogP contribution in [0.2, 0.25) is 0 Å². The van der Waals surface area contributed by atoms with Gasteiger partial charge < -0.3 is 24.9 Å². The molecule has 0 aliphatic carbocycles. The topological polar surface area (TPSA) is 113 Å². The van der Waals surface area contributed by atoms with Crippen molar-refractivity contribution in [3.8, 4) is 34.2 Å². The van der Waals surface area contributed by atoms with E-state index in [1.807, 2.05) is 0 Å². The molecule has 1 aromatic carbocycles. The Hall–Kier alpha value is -3.76. The third-order valence-electron chi connectivity index (χ3n) is 3.88. The Bertz CT molecular complexity index is 1000. The summed E-state index contributed by atoms with van der Waals surface area (Å²) in [6.07, 6.45) is -3.40. The zero-order valence-corrected chi connectivity index (χ0v) is 15.7. The number of amides is 2. The van der Waals surface area contributed by atoms with Crippen molar-refractivity contribution in [3.05, 3.63) is 48.5 Å². The molecule has 3 aromatic rings. The third-order valence-corrected chi connectivity index (χ3v) is 3.88. The lowest BCUT2D eigenvalue weighted by Gasteiger charge is -2.07. The minimum atomic E-state index is -4.75. The van der Waals surface area contributed by atoms with Gasteiger partial charge >= 0.3 is 18.1 Å². The Morgan fingerprint density at radius 2 is 1.87 bits per heavy atom. The lowest BCUT2D eigenvalue weighted by Crippen LogP contribution is -2.32. The summed E-state index contributed by atoms with van der Waals surface area (Å²) >= 11 is 0. The van der Waals surface area contributed by atoms with Gasteiger partial charge in [-0.25, -0.2) is 14.8 Å². The van der Waals surface area contributed by atoms with Crippen LogP contribution in [-0.2, 0) is 6.18 Å². The summed E-state index contributed by atoms with van der Waals surface area (Å²) in [6.45, 7) is 0.383. The number of methoxy groups -OCH3 is 1. The first-order valence-electron chi connectivity index (χ1n) is 8.63. The number of carbonyl (C=O) groups excluding carboxylic acids is 1. The summed E-state index contributed by atoms with van der Waals surface area (Å²) in [5.74, 6) is -0.655. The van der Waals surface area contributed by atoms with Crippen molar-refractivity contribution in [2.45, 2.75) is 6.18 Å². The van der Waals surface area contributed by atoms with Crippen LogP contribution in [-0.4, -0.2) is 36.3 Å². The minimum Gasteiger partial charge on any atom is -0.492 e. The summed E-state index contributed by atoms with van der Waals surface area (Å²) < 4.78 is 55.0. The molecule has 3 N–H and O–H groups in total. The maximum atomic E-state index is 13.2. The van der Waals surface area contributed by atoms with Crippen LogP contribution >= 0.6 is 0 Å². The molecule has 2 heterocycles. The number of nitrogens with two attached hydrogens (primary N) is 1. The molecule has 2 aromatic heterocycles. The molecule has 0 bridgehead atoms. The lowest BCUT2D eigenvalue weighted by atomic mass is 10.1. The number of hydrogen-bond donors (Lipinski definition) is 2. The van der Waals surface area contributed by atoms with Crippen LogP contribution in [0.15, 0.2) is 47.0 Å². The highest BCUT2D eigenvalue weighted by Gasteiger charge is 2.39. The Balaban J connectivity index is 1.88. The number of halogens is 3. The number of oxazole rings is 1. The number of ether oxygens (including phenoxy) is 2. The predicted molar refractivity (Wildman–Crippen MR) is 99.8 cm³/mol. The molecular weight excluding hydrogens is 405 g/mol. The molecule has 2 amide bonds. The van der Waals surface area contributed by atoms with Crippen molar-refractivity contribution in [3.63, 3.8) is 0 Å². The van der Waals surface area contributed by atoms with Crippen LogP contribution in [0.3, 0.4) is 0 Å². The van der Waals surface area contributed by atoms with Gasteiger partial charge in [0.25, 0.3) is 0 Å². The van der Waals surface area contributed by atoms with Gasteiger partial charge in [0, 0.05) is 23.4 Å². The van der Waals surface area contributed by atoms with Crippen LogP contribution in [0.4, 0.5) is 18.0 Å². The van der Waals surface area contributed by atoms with Gasteiger partial charge in [-0.3, -0.25) is 0 Å². The molecule has 0 fully saturated rings. The van der Waals surface area contributed by atoms with Crippen molar-refractivity contribution in [1.82, 2.24) is 15.3 Å². The second-order valence-electron chi connectivity index (χ2n) is 5.95. The third kappa shape index (κ3) is 4.99. The van der Waals surface area contributed by atoms with Gasteiger partial charge in [0.2, 0.25) is 5.88 Å². The summed E-state index contributed by atoms with van der Waals surface area (Å²) in [7, 11) is 1.43. The number of nitrogens with one attached hydrogen (secondary N) is 1. The second kappa shape index (κ2) is 8.72. The molecule has 0 aliphatic heterocycles. The number of hydrogen-bond acceptors (Lipinski definition) is 6. The number of alkyl halides is 3. The first-order chi connectivity index (χ1) is 14.3. The molecule has 0 spiro atoms. The van der Waals surface area contributed by atoms with Gasteiger partial charge in [-0.05, 0) is 30.3 Å². The van der Waals surface area contributed by atoms with Crippen LogP contribution in [0.1, 0.15) is 5.89 Å². The van der Waals surface area contributed by atoms with Gasteiger partial charge in [0.15, 0.2) is 5.76 Å². The molecule has 3 rings (SSSR count). The van der Waals surface area contributed by atoms with E-state index in [2.05, 4.69) is 15.3 Å². The number of primary amides is 1. The number of pyridine rings is 1. The summed E-state index contributed by atoms with van der Waals surface area (Å²) in [5, 5.41) is 2.37. The van der Waals surface area contributed by atoms with E-state index in [4.69, 9.17) is 19.6 Å². The maximum Gasteiger partial charge on any atom is 0.468 e. The quantitative estimate of drug-likeness (QED) is 0.564. The number of nitrogens with zero attached hydrogens (tertiary/aromatic N) is 2. The Kier molecular flexibility index (Phi) is 6.09. The number of urea groups is 1. The van der Waals surface area contributed by atoms with Crippen LogP contribution in [0, 0.1) is 0 Å². The van der Waals surface area contributed by atoms with E-state index in [1.165, 1.54) is 37.6 Å². The highest BCUT2D eigenvalue weighted by molar-refractivity contribution is 5.77. The molecule has 8 nitrogen and oxygen atoms in total. The van der Waals surface area contributed by atoms with Crippen molar-refractivity contribution >= 4 is 6.03 Å². The van der Waals surface area contributed by atoms with Crippen molar-refractivity contribution in [2.24, 2.45) is 5.73 Å². The number of aromatic nitrogens is 2. The Morgan fingerprint density at radius 3 is 2.43 bits per heavy atom. The van der Waals surface area contributed by atoms with E-state index in [-0.39, 0.29) is 24.6 Å². The Morgan fingerprint density at radius 1 is 1.17 bits per heavy atom. The van der Waals surface area contributed by atoms with E-state index in [0.29, 0.717) is 22.8 Å². The van der Waals surface area contributed by atoms with Crippen LogP contribution in [0.25, 0.3) is 22.6 Å². The van der Waals surface area contributed by atoms with E-state index < -0.39 is 18.1 Å². The number of carbonyl (C=O) groups is 1. The average molecular weight is 422 g/mol. The molecular formula is C19H17F3N4O4. The summed E-state index contributed by atoms with van der Waals surface area (Å²) in [6, 6.07) is 8.59. The first-order valence-corrected chi connectivity index (χ1v) is 8.63. The van der Waals surface area contributed by atoms with Gasteiger partial charge in [-0.1, -0.05) is 0 Å². The molecule has 11 heteroatoms. The second-order valence-corrected chi connectivity index (χ2v) is 5.95. The molecule has 0 saturated heterocycles. The van der Waals surface area contributed by atoms with E-state index in [9.17, 15) is 18.0 Å². The highest BCUT2D eigenvalue weighted by Crippen LogP contribution is 2.38. The fourth-order valence-electron chi connectivity index (χ4n) is 2.52. The summed E-state index contributed by atoms with van der Waals surface area (Å²) in [5.41, 5.74) is 5.65. The number of benzene rings is 1. The molecule has 0 saturated carbocycles. The largest absolute Gasteiger partial charge is 0.492 e. The lowest BCUT2D eigenvalue weighted by molar-refractivity contribution is -0.156. The zero-order chi connectivity index (χ0) is 21.7. The van der Waals surface area contributed by atoms with E-state index in [1.54, 1.807) is 12.1 Å². The van der Waals surface area contributed by atoms with Crippen molar-refractivity contribution in [2.75, 3.05) is 20.3 Å². The predicted octanol–water partition coefficient (Wildman–Crippen LogP) is 3.48. The summed E-state index contributed by atoms with van der Waals surface area (Å²) in [4.78, 5) is 18.2.